The van der Waals surface area contributed by atoms with Crippen molar-refractivity contribution in [1.82, 2.24) is 14.4 Å². The van der Waals surface area contributed by atoms with Crippen molar-refractivity contribution >= 4 is 32.5 Å². The molecule has 0 amide bonds. The van der Waals surface area contributed by atoms with Crippen molar-refractivity contribution < 1.29 is 5.11 Å². The Balaban J connectivity index is 2.64. The Morgan fingerprint density at radius 2 is 2.12 bits per heavy atom. The van der Waals surface area contributed by atoms with Gasteiger partial charge in [0.05, 0.1) is 23.6 Å². The maximum atomic E-state index is 9.77. The molecule has 0 aliphatic carbocycles. The van der Waals surface area contributed by atoms with Crippen LogP contribution in [0.15, 0.2) is 29.1 Å². The van der Waals surface area contributed by atoms with Crippen molar-refractivity contribution in [3.05, 3.63) is 34.7 Å². The molecule has 0 bridgehead atoms. The second-order valence-corrected chi connectivity index (χ2v) is 4.59. The molecule has 0 fully saturated rings. The lowest BCUT2D eigenvalue weighted by molar-refractivity contribution is 0.460. The van der Waals surface area contributed by atoms with Crippen LogP contribution in [0.3, 0.4) is 0 Å². The third-order valence-corrected chi connectivity index (χ3v) is 3.05. The highest BCUT2D eigenvalue weighted by molar-refractivity contribution is 9.10. The summed E-state index contributed by atoms with van der Waals surface area (Å²) in [6, 6.07) is 3.93. The number of fused-ring (bicyclic) bond motifs is 3. The largest absolute Gasteiger partial charge is 0.492 e. The first-order valence-electron chi connectivity index (χ1n) is 4.77. The van der Waals surface area contributed by atoms with Crippen molar-refractivity contribution in [3.63, 3.8) is 0 Å². The van der Waals surface area contributed by atoms with E-state index in [4.69, 9.17) is 0 Å². The van der Waals surface area contributed by atoms with Gasteiger partial charge in [-0.15, -0.1) is 0 Å². The van der Waals surface area contributed by atoms with E-state index in [1.165, 1.54) is 0 Å². The van der Waals surface area contributed by atoms with Gasteiger partial charge < -0.3 is 5.11 Å². The number of aromatic hydroxyl groups is 1. The molecule has 4 nitrogen and oxygen atoms in total. The van der Waals surface area contributed by atoms with Crippen molar-refractivity contribution in [2.24, 2.45) is 0 Å². The summed E-state index contributed by atoms with van der Waals surface area (Å²) in [4.78, 5) is 8.21. The summed E-state index contributed by atoms with van der Waals surface area (Å²) in [7, 11) is 0. The van der Waals surface area contributed by atoms with Gasteiger partial charge in [0.1, 0.15) is 5.52 Å². The van der Waals surface area contributed by atoms with Crippen LogP contribution in [-0.4, -0.2) is 19.5 Å². The molecule has 0 spiro atoms. The zero-order valence-corrected chi connectivity index (χ0v) is 10.1. The van der Waals surface area contributed by atoms with E-state index in [0.29, 0.717) is 5.52 Å². The molecule has 2 aromatic heterocycles. The van der Waals surface area contributed by atoms with E-state index in [1.54, 1.807) is 12.5 Å². The third kappa shape index (κ3) is 1.21. The SMILES string of the molecule is Cc1cc(Br)cc2c1nc(O)c1cncn12. The van der Waals surface area contributed by atoms with Gasteiger partial charge in [-0.05, 0) is 24.6 Å². The average Bonchev–Trinajstić information content (AvgIpc) is 2.69. The van der Waals surface area contributed by atoms with Crippen LogP contribution < -0.4 is 0 Å². The average molecular weight is 278 g/mol. The standard InChI is InChI=1S/C11H8BrN3O/c1-6-2-7(12)3-8-10(6)14-11(16)9-4-13-5-15(8)9/h2-5H,1H3,(H,14,16). The number of benzene rings is 1. The Hall–Kier alpha value is -1.62. The number of nitrogens with zero attached hydrogens (tertiary/aromatic N) is 3. The van der Waals surface area contributed by atoms with Crippen LogP contribution in [-0.2, 0) is 0 Å². The topological polar surface area (TPSA) is 50.4 Å². The minimum atomic E-state index is 0.00965. The monoisotopic (exact) mass is 277 g/mol. The van der Waals surface area contributed by atoms with E-state index in [9.17, 15) is 5.11 Å². The van der Waals surface area contributed by atoms with Crippen LogP contribution in [0.2, 0.25) is 0 Å². The molecule has 3 aromatic rings. The number of hydrogen-bond donors (Lipinski definition) is 1. The highest BCUT2D eigenvalue weighted by Gasteiger charge is 2.09. The Morgan fingerprint density at radius 3 is 2.94 bits per heavy atom. The highest BCUT2D eigenvalue weighted by Crippen LogP contribution is 2.27. The zero-order chi connectivity index (χ0) is 11.3. The number of aryl methyl sites for hydroxylation is 1. The summed E-state index contributed by atoms with van der Waals surface area (Å²) in [5.41, 5.74) is 3.34. The molecule has 0 saturated carbocycles. The molecule has 1 aromatic carbocycles. The summed E-state index contributed by atoms with van der Waals surface area (Å²) in [6.45, 7) is 1.96. The Bertz CT molecular complexity index is 705. The minimum Gasteiger partial charge on any atom is -0.492 e. The van der Waals surface area contributed by atoms with Crippen molar-refractivity contribution in [2.45, 2.75) is 6.92 Å². The van der Waals surface area contributed by atoms with Crippen molar-refractivity contribution in [1.29, 1.82) is 0 Å². The fraction of sp³-hybridized carbons (Fsp3) is 0.0909. The Labute approximate surface area is 99.7 Å². The van der Waals surface area contributed by atoms with Gasteiger partial charge in [-0.2, -0.15) is 0 Å². The third-order valence-electron chi connectivity index (χ3n) is 2.59. The van der Waals surface area contributed by atoms with Crippen LogP contribution in [0.1, 0.15) is 5.56 Å². The second kappa shape index (κ2) is 3.18. The number of hydrogen-bond acceptors (Lipinski definition) is 3. The van der Waals surface area contributed by atoms with Gasteiger partial charge in [-0.3, -0.25) is 4.40 Å². The Kier molecular flexibility index (Phi) is 1.91. The van der Waals surface area contributed by atoms with E-state index >= 15 is 0 Å². The number of aromatic nitrogens is 3. The molecule has 0 aliphatic rings. The summed E-state index contributed by atoms with van der Waals surface area (Å²) in [5, 5.41) is 9.77. The molecular weight excluding hydrogens is 270 g/mol. The van der Waals surface area contributed by atoms with Gasteiger partial charge in [0, 0.05) is 4.47 Å². The molecule has 16 heavy (non-hydrogen) atoms. The predicted molar refractivity (Wildman–Crippen MR) is 64.6 cm³/mol. The van der Waals surface area contributed by atoms with Crippen LogP contribution in [0, 0.1) is 6.92 Å². The Morgan fingerprint density at radius 1 is 1.31 bits per heavy atom. The van der Waals surface area contributed by atoms with Gasteiger partial charge >= 0.3 is 0 Å². The molecule has 0 radical (unpaired) electrons. The molecule has 3 rings (SSSR count). The molecule has 0 saturated heterocycles. The summed E-state index contributed by atoms with van der Waals surface area (Å²) < 4.78 is 2.81. The predicted octanol–water partition coefficient (Wildman–Crippen LogP) is 2.66. The molecular formula is C11H8BrN3O. The number of halogens is 1. The molecule has 5 heteroatoms. The van der Waals surface area contributed by atoms with Crippen LogP contribution in [0.25, 0.3) is 16.6 Å². The number of imidazole rings is 1. The fourth-order valence-electron chi connectivity index (χ4n) is 1.86. The van der Waals surface area contributed by atoms with Crippen LogP contribution in [0.5, 0.6) is 5.88 Å². The molecule has 2 heterocycles. The smallest absolute Gasteiger partial charge is 0.238 e. The lowest BCUT2D eigenvalue weighted by Gasteiger charge is -2.06. The molecule has 0 atom stereocenters. The zero-order valence-electron chi connectivity index (χ0n) is 8.48. The molecule has 0 unspecified atom stereocenters. The molecule has 80 valence electrons. The molecule has 0 aliphatic heterocycles. The highest BCUT2D eigenvalue weighted by atomic mass is 79.9. The summed E-state index contributed by atoms with van der Waals surface area (Å²) >= 11 is 3.45. The van der Waals surface area contributed by atoms with E-state index < -0.39 is 0 Å². The fourth-order valence-corrected chi connectivity index (χ4v) is 2.42. The van der Waals surface area contributed by atoms with Crippen LogP contribution in [0.4, 0.5) is 0 Å². The maximum Gasteiger partial charge on any atom is 0.238 e. The first-order valence-corrected chi connectivity index (χ1v) is 5.57. The van der Waals surface area contributed by atoms with Gasteiger partial charge in [0.15, 0.2) is 0 Å². The minimum absolute atomic E-state index is 0.00965. The molecule has 1 N–H and O–H groups in total. The van der Waals surface area contributed by atoms with Gasteiger partial charge in [0.2, 0.25) is 5.88 Å². The van der Waals surface area contributed by atoms with E-state index in [1.807, 2.05) is 23.5 Å². The van der Waals surface area contributed by atoms with E-state index in [2.05, 4.69) is 25.9 Å². The van der Waals surface area contributed by atoms with Crippen LogP contribution >= 0.6 is 15.9 Å². The van der Waals surface area contributed by atoms with Crippen molar-refractivity contribution in [2.75, 3.05) is 0 Å². The first-order chi connectivity index (χ1) is 7.66. The van der Waals surface area contributed by atoms with E-state index in [0.717, 1.165) is 21.1 Å². The van der Waals surface area contributed by atoms with Gasteiger partial charge in [-0.25, -0.2) is 9.97 Å². The normalized spacial score (nSPS) is 11.4. The second-order valence-electron chi connectivity index (χ2n) is 3.67. The van der Waals surface area contributed by atoms with E-state index in [-0.39, 0.29) is 5.88 Å². The van der Waals surface area contributed by atoms with Gasteiger partial charge in [-0.1, -0.05) is 15.9 Å². The summed E-state index contributed by atoms with van der Waals surface area (Å²) in [6.07, 6.45) is 3.27. The first kappa shape index (κ1) is 9.59. The van der Waals surface area contributed by atoms with Gasteiger partial charge in [0.25, 0.3) is 0 Å². The quantitative estimate of drug-likeness (QED) is 0.687. The summed E-state index contributed by atoms with van der Waals surface area (Å²) in [5.74, 6) is 0.00965. The maximum absolute atomic E-state index is 9.77. The number of rotatable bonds is 0. The lowest BCUT2D eigenvalue weighted by Crippen LogP contribution is -1.93. The van der Waals surface area contributed by atoms with Crippen molar-refractivity contribution in [3.8, 4) is 5.88 Å². The lowest BCUT2D eigenvalue weighted by atomic mass is 10.2.